The minimum Gasteiger partial charge on any atom is -0.316 e. The van der Waals surface area contributed by atoms with Crippen LogP contribution in [0, 0.1) is 0 Å². The molecule has 1 heterocycles. The summed E-state index contributed by atoms with van der Waals surface area (Å²) in [5.74, 6) is 0. The van der Waals surface area contributed by atoms with Gasteiger partial charge < -0.3 is 4.57 Å². The Morgan fingerprint density at radius 1 is 0.895 bits per heavy atom. The van der Waals surface area contributed by atoms with Gasteiger partial charge in [0.25, 0.3) is 0 Å². The molecule has 3 aromatic rings. The lowest BCUT2D eigenvalue weighted by Gasteiger charge is -2.04. The van der Waals surface area contributed by atoms with Crippen LogP contribution in [0.4, 0.5) is 0 Å². The predicted octanol–water partition coefficient (Wildman–Crippen LogP) is 5.23. The SMILES string of the molecule is C=C(C)/C(C)=C\n1c2ccccc2c2ccccc21. The highest BCUT2D eigenvalue weighted by Gasteiger charge is 2.07. The van der Waals surface area contributed by atoms with E-state index < -0.39 is 0 Å². The van der Waals surface area contributed by atoms with Crippen LogP contribution in [0.5, 0.6) is 0 Å². The van der Waals surface area contributed by atoms with Crippen LogP contribution in [0.2, 0.25) is 0 Å². The van der Waals surface area contributed by atoms with E-state index in [1.54, 1.807) is 0 Å². The van der Waals surface area contributed by atoms with Crippen LogP contribution >= 0.6 is 0 Å². The number of hydrogen-bond donors (Lipinski definition) is 0. The highest BCUT2D eigenvalue weighted by molar-refractivity contribution is 6.09. The zero-order chi connectivity index (χ0) is 13.4. The van der Waals surface area contributed by atoms with Gasteiger partial charge in [0.05, 0.1) is 11.0 Å². The van der Waals surface area contributed by atoms with E-state index in [1.165, 1.54) is 27.4 Å². The molecule has 0 N–H and O–H groups in total. The fraction of sp³-hybridized carbons (Fsp3) is 0.111. The molecule has 0 fully saturated rings. The third kappa shape index (κ3) is 1.88. The molecule has 0 aliphatic carbocycles. The van der Waals surface area contributed by atoms with Crippen LogP contribution in [0.25, 0.3) is 28.0 Å². The summed E-state index contributed by atoms with van der Waals surface area (Å²) in [4.78, 5) is 0. The molecule has 0 spiro atoms. The largest absolute Gasteiger partial charge is 0.316 e. The van der Waals surface area contributed by atoms with Crippen molar-refractivity contribution in [3.8, 4) is 0 Å². The fourth-order valence-corrected chi connectivity index (χ4v) is 2.40. The molecular weight excluding hydrogens is 230 g/mol. The zero-order valence-electron chi connectivity index (χ0n) is 11.4. The second-order valence-corrected chi connectivity index (χ2v) is 5.00. The number of benzene rings is 2. The highest BCUT2D eigenvalue weighted by atomic mass is 15.0. The van der Waals surface area contributed by atoms with Crippen LogP contribution in [-0.4, -0.2) is 4.57 Å². The molecule has 0 saturated heterocycles. The molecule has 0 atom stereocenters. The first-order valence-corrected chi connectivity index (χ1v) is 6.50. The fourth-order valence-electron chi connectivity index (χ4n) is 2.40. The maximum atomic E-state index is 4.01. The molecule has 0 bridgehead atoms. The Morgan fingerprint density at radius 3 is 1.84 bits per heavy atom. The van der Waals surface area contributed by atoms with Crippen LogP contribution < -0.4 is 0 Å². The van der Waals surface area contributed by atoms with E-state index in [2.05, 4.69) is 72.8 Å². The van der Waals surface area contributed by atoms with Gasteiger partial charge in [-0.15, -0.1) is 0 Å². The third-order valence-electron chi connectivity index (χ3n) is 3.61. The van der Waals surface area contributed by atoms with Crippen molar-refractivity contribution >= 4 is 28.0 Å². The van der Waals surface area contributed by atoms with Crippen molar-refractivity contribution in [2.75, 3.05) is 0 Å². The summed E-state index contributed by atoms with van der Waals surface area (Å²) in [6, 6.07) is 17.0. The smallest absolute Gasteiger partial charge is 0.0535 e. The number of para-hydroxylation sites is 2. The van der Waals surface area contributed by atoms with E-state index in [0.717, 1.165) is 5.57 Å². The summed E-state index contributed by atoms with van der Waals surface area (Å²) in [5, 5.41) is 2.59. The van der Waals surface area contributed by atoms with E-state index in [0.29, 0.717) is 0 Å². The molecule has 1 aromatic heterocycles. The first kappa shape index (κ1) is 11.8. The lowest BCUT2D eigenvalue weighted by atomic mass is 10.2. The van der Waals surface area contributed by atoms with Gasteiger partial charge in [-0.2, -0.15) is 0 Å². The maximum Gasteiger partial charge on any atom is 0.0535 e. The number of fused-ring (bicyclic) bond motifs is 3. The topological polar surface area (TPSA) is 4.93 Å². The Bertz CT molecular complexity index is 750. The van der Waals surface area contributed by atoms with Crippen LogP contribution in [-0.2, 0) is 0 Å². The molecule has 3 rings (SSSR count). The van der Waals surface area contributed by atoms with Crippen molar-refractivity contribution in [1.82, 2.24) is 4.57 Å². The monoisotopic (exact) mass is 247 g/mol. The summed E-state index contributed by atoms with van der Waals surface area (Å²) in [6.45, 7) is 8.16. The Balaban J connectivity index is 2.44. The van der Waals surface area contributed by atoms with E-state index in [1.807, 2.05) is 6.92 Å². The van der Waals surface area contributed by atoms with Gasteiger partial charge in [-0.3, -0.25) is 0 Å². The van der Waals surface area contributed by atoms with Gasteiger partial charge in [0.15, 0.2) is 0 Å². The molecule has 94 valence electrons. The second-order valence-electron chi connectivity index (χ2n) is 5.00. The molecular formula is C18H17N. The molecule has 0 aliphatic heterocycles. The first-order valence-electron chi connectivity index (χ1n) is 6.50. The Hall–Kier alpha value is -2.28. The van der Waals surface area contributed by atoms with Crippen molar-refractivity contribution in [2.24, 2.45) is 0 Å². The van der Waals surface area contributed by atoms with Gasteiger partial charge in [0, 0.05) is 17.0 Å². The normalized spacial score (nSPS) is 12.2. The number of aromatic nitrogens is 1. The van der Waals surface area contributed by atoms with Crippen molar-refractivity contribution in [3.05, 3.63) is 66.3 Å². The van der Waals surface area contributed by atoms with Gasteiger partial charge in [0.2, 0.25) is 0 Å². The molecule has 2 aromatic carbocycles. The standard InChI is InChI=1S/C18H17N/c1-13(2)14(3)12-19-17-10-6-4-8-15(17)16-9-5-7-11-18(16)19/h4-12H,1H2,2-3H3/b14-12-. The lowest BCUT2D eigenvalue weighted by molar-refractivity contribution is 1.24. The Labute approximate surface area is 113 Å². The van der Waals surface area contributed by atoms with Crippen molar-refractivity contribution < 1.29 is 0 Å². The second kappa shape index (κ2) is 4.43. The highest BCUT2D eigenvalue weighted by Crippen LogP contribution is 2.29. The lowest BCUT2D eigenvalue weighted by Crippen LogP contribution is -1.88. The van der Waals surface area contributed by atoms with Gasteiger partial charge in [-0.25, -0.2) is 0 Å². The predicted molar refractivity (Wildman–Crippen MR) is 84.2 cm³/mol. The summed E-state index contributed by atoms with van der Waals surface area (Å²) < 4.78 is 2.26. The Morgan fingerprint density at radius 2 is 1.37 bits per heavy atom. The quantitative estimate of drug-likeness (QED) is 0.546. The minimum atomic E-state index is 1.10. The van der Waals surface area contributed by atoms with Crippen molar-refractivity contribution in [3.63, 3.8) is 0 Å². The van der Waals surface area contributed by atoms with Crippen LogP contribution in [0.1, 0.15) is 13.8 Å². The van der Waals surface area contributed by atoms with Crippen LogP contribution in [0.3, 0.4) is 0 Å². The molecule has 1 heteroatoms. The first-order chi connectivity index (χ1) is 9.18. The summed E-state index contributed by atoms with van der Waals surface area (Å²) in [7, 11) is 0. The third-order valence-corrected chi connectivity index (χ3v) is 3.61. The number of hydrogen-bond acceptors (Lipinski definition) is 0. The number of rotatable bonds is 2. The molecule has 0 saturated carbocycles. The average molecular weight is 247 g/mol. The molecule has 0 aliphatic rings. The van der Waals surface area contributed by atoms with E-state index >= 15 is 0 Å². The van der Waals surface area contributed by atoms with Crippen LogP contribution in [0.15, 0.2) is 66.3 Å². The molecule has 0 amide bonds. The Kier molecular flexibility index (Phi) is 2.75. The number of nitrogens with zero attached hydrogens (tertiary/aromatic N) is 1. The number of allylic oxidation sites excluding steroid dienone is 2. The minimum absolute atomic E-state index is 1.10. The zero-order valence-corrected chi connectivity index (χ0v) is 11.4. The molecule has 0 radical (unpaired) electrons. The molecule has 1 nitrogen and oxygen atoms in total. The van der Waals surface area contributed by atoms with Crippen molar-refractivity contribution in [2.45, 2.75) is 13.8 Å². The van der Waals surface area contributed by atoms with Crippen molar-refractivity contribution in [1.29, 1.82) is 0 Å². The van der Waals surface area contributed by atoms with Gasteiger partial charge in [-0.1, -0.05) is 48.6 Å². The van der Waals surface area contributed by atoms with Gasteiger partial charge in [0.1, 0.15) is 0 Å². The summed E-state index contributed by atoms with van der Waals surface area (Å²) in [6.07, 6.45) is 2.17. The van der Waals surface area contributed by atoms with Gasteiger partial charge >= 0.3 is 0 Å². The average Bonchev–Trinajstić information content (AvgIpc) is 2.74. The summed E-state index contributed by atoms with van der Waals surface area (Å²) in [5.41, 5.74) is 4.78. The maximum absolute atomic E-state index is 4.01. The summed E-state index contributed by atoms with van der Waals surface area (Å²) >= 11 is 0. The van der Waals surface area contributed by atoms with E-state index in [4.69, 9.17) is 0 Å². The molecule has 19 heavy (non-hydrogen) atoms. The van der Waals surface area contributed by atoms with E-state index in [-0.39, 0.29) is 0 Å². The van der Waals surface area contributed by atoms with Gasteiger partial charge in [-0.05, 0) is 31.6 Å². The van der Waals surface area contributed by atoms with E-state index in [9.17, 15) is 0 Å². The molecule has 0 unspecified atom stereocenters.